The van der Waals surface area contributed by atoms with Gasteiger partial charge in [0.2, 0.25) is 5.91 Å². The van der Waals surface area contributed by atoms with Gasteiger partial charge in [0.05, 0.1) is 0 Å². The van der Waals surface area contributed by atoms with E-state index in [0.717, 1.165) is 12.8 Å². The summed E-state index contributed by atoms with van der Waals surface area (Å²) in [5.41, 5.74) is 7.18. The molecule has 1 amide bonds. The van der Waals surface area contributed by atoms with Gasteiger partial charge in [-0.3, -0.25) is 4.79 Å². The SMILES string of the molecule is CN(Cc1ccccc1)C(=O)C[C@@H]1CCC[C@H]1N. The van der Waals surface area contributed by atoms with Gasteiger partial charge in [-0.25, -0.2) is 0 Å². The minimum absolute atomic E-state index is 0.209. The van der Waals surface area contributed by atoms with E-state index in [2.05, 4.69) is 0 Å². The first-order valence-corrected chi connectivity index (χ1v) is 6.70. The summed E-state index contributed by atoms with van der Waals surface area (Å²) in [6.45, 7) is 0.682. The third-order valence-corrected chi connectivity index (χ3v) is 3.84. The van der Waals surface area contributed by atoms with E-state index in [1.165, 1.54) is 12.0 Å². The molecular formula is C15H22N2O. The van der Waals surface area contributed by atoms with E-state index in [-0.39, 0.29) is 11.9 Å². The number of carbonyl (C=O) groups excluding carboxylic acids is 1. The van der Waals surface area contributed by atoms with Gasteiger partial charge in [-0.15, -0.1) is 0 Å². The number of benzene rings is 1. The third-order valence-electron chi connectivity index (χ3n) is 3.84. The Balaban J connectivity index is 1.85. The van der Waals surface area contributed by atoms with Gasteiger partial charge in [0.1, 0.15) is 0 Å². The van der Waals surface area contributed by atoms with Gasteiger partial charge in [0, 0.05) is 26.1 Å². The van der Waals surface area contributed by atoms with E-state index >= 15 is 0 Å². The number of nitrogens with two attached hydrogens (primary N) is 1. The van der Waals surface area contributed by atoms with Crippen LogP contribution in [-0.2, 0) is 11.3 Å². The van der Waals surface area contributed by atoms with Gasteiger partial charge >= 0.3 is 0 Å². The molecule has 1 aliphatic rings. The summed E-state index contributed by atoms with van der Waals surface area (Å²) < 4.78 is 0. The summed E-state index contributed by atoms with van der Waals surface area (Å²) in [6, 6.07) is 10.3. The van der Waals surface area contributed by atoms with Gasteiger partial charge in [0.15, 0.2) is 0 Å². The number of rotatable bonds is 4. The molecule has 0 bridgehead atoms. The third kappa shape index (κ3) is 3.33. The molecule has 3 nitrogen and oxygen atoms in total. The Morgan fingerprint density at radius 3 is 2.67 bits per heavy atom. The number of hydrogen-bond acceptors (Lipinski definition) is 2. The van der Waals surface area contributed by atoms with Crippen molar-refractivity contribution in [2.45, 2.75) is 38.3 Å². The van der Waals surface area contributed by atoms with Crippen molar-refractivity contribution in [2.24, 2.45) is 11.7 Å². The largest absolute Gasteiger partial charge is 0.341 e. The highest BCUT2D eigenvalue weighted by molar-refractivity contribution is 5.76. The molecule has 2 atom stereocenters. The zero-order chi connectivity index (χ0) is 13.0. The maximum absolute atomic E-state index is 12.1. The van der Waals surface area contributed by atoms with E-state index in [1.54, 1.807) is 4.90 Å². The van der Waals surface area contributed by atoms with Crippen LogP contribution in [0.5, 0.6) is 0 Å². The first-order valence-electron chi connectivity index (χ1n) is 6.70. The van der Waals surface area contributed by atoms with Crippen LogP contribution in [-0.4, -0.2) is 23.9 Å². The van der Waals surface area contributed by atoms with Crippen LogP contribution in [0.4, 0.5) is 0 Å². The summed E-state index contributed by atoms with van der Waals surface area (Å²) >= 11 is 0. The smallest absolute Gasteiger partial charge is 0.222 e. The fraction of sp³-hybridized carbons (Fsp3) is 0.533. The molecule has 2 rings (SSSR count). The summed E-state index contributed by atoms with van der Waals surface area (Å²) in [4.78, 5) is 13.9. The molecule has 1 saturated carbocycles. The second-order valence-electron chi connectivity index (χ2n) is 5.29. The van der Waals surface area contributed by atoms with Gasteiger partial charge in [0.25, 0.3) is 0 Å². The van der Waals surface area contributed by atoms with Crippen molar-refractivity contribution >= 4 is 5.91 Å². The van der Waals surface area contributed by atoms with Crippen molar-refractivity contribution in [3.63, 3.8) is 0 Å². The average Bonchev–Trinajstić information content (AvgIpc) is 2.76. The number of hydrogen-bond donors (Lipinski definition) is 1. The Kier molecular flexibility index (Phi) is 4.37. The van der Waals surface area contributed by atoms with Gasteiger partial charge in [-0.05, 0) is 24.3 Å². The molecule has 18 heavy (non-hydrogen) atoms. The average molecular weight is 246 g/mol. The number of carbonyl (C=O) groups is 1. The Bertz CT molecular complexity index is 391. The maximum atomic E-state index is 12.1. The van der Waals surface area contributed by atoms with E-state index in [1.807, 2.05) is 37.4 Å². The minimum atomic E-state index is 0.209. The molecule has 0 saturated heterocycles. The maximum Gasteiger partial charge on any atom is 0.222 e. The zero-order valence-electron chi connectivity index (χ0n) is 11.0. The molecule has 0 radical (unpaired) electrons. The lowest BCUT2D eigenvalue weighted by Gasteiger charge is -2.21. The summed E-state index contributed by atoms with van der Waals surface area (Å²) in [6.07, 6.45) is 3.94. The molecule has 1 aliphatic carbocycles. The highest BCUT2D eigenvalue weighted by Crippen LogP contribution is 2.27. The Hall–Kier alpha value is -1.35. The normalized spacial score (nSPS) is 23.0. The molecule has 0 unspecified atom stereocenters. The lowest BCUT2D eigenvalue weighted by molar-refractivity contribution is -0.131. The number of nitrogens with zero attached hydrogens (tertiary/aromatic N) is 1. The van der Waals surface area contributed by atoms with E-state index < -0.39 is 0 Å². The Morgan fingerprint density at radius 2 is 2.06 bits per heavy atom. The predicted molar refractivity (Wildman–Crippen MR) is 72.8 cm³/mol. The van der Waals surface area contributed by atoms with E-state index in [9.17, 15) is 4.79 Å². The van der Waals surface area contributed by atoms with Gasteiger partial charge < -0.3 is 10.6 Å². The van der Waals surface area contributed by atoms with Crippen LogP contribution in [0.1, 0.15) is 31.2 Å². The lowest BCUT2D eigenvalue weighted by atomic mass is 9.99. The van der Waals surface area contributed by atoms with Gasteiger partial charge in [-0.1, -0.05) is 36.8 Å². The monoisotopic (exact) mass is 246 g/mol. The minimum Gasteiger partial charge on any atom is -0.341 e. The van der Waals surface area contributed by atoms with E-state index in [0.29, 0.717) is 18.9 Å². The highest BCUT2D eigenvalue weighted by Gasteiger charge is 2.27. The second kappa shape index (κ2) is 6.01. The molecular weight excluding hydrogens is 224 g/mol. The summed E-state index contributed by atoms with van der Waals surface area (Å²) in [5, 5.41) is 0. The zero-order valence-corrected chi connectivity index (χ0v) is 11.0. The van der Waals surface area contributed by atoms with Crippen LogP contribution >= 0.6 is 0 Å². The second-order valence-corrected chi connectivity index (χ2v) is 5.29. The van der Waals surface area contributed by atoms with Crippen LogP contribution in [0.15, 0.2) is 30.3 Å². The van der Waals surface area contributed by atoms with Crippen molar-refractivity contribution in [1.82, 2.24) is 4.90 Å². The first kappa shape index (κ1) is 13.1. The summed E-state index contributed by atoms with van der Waals surface area (Å²) in [7, 11) is 1.87. The lowest BCUT2D eigenvalue weighted by Crippen LogP contribution is -2.32. The molecule has 0 heterocycles. The molecule has 3 heteroatoms. The molecule has 0 spiro atoms. The van der Waals surface area contributed by atoms with Crippen LogP contribution in [0, 0.1) is 5.92 Å². The van der Waals surface area contributed by atoms with E-state index in [4.69, 9.17) is 5.73 Å². The predicted octanol–water partition coefficient (Wildman–Crippen LogP) is 2.16. The summed E-state index contributed by atoms with van der Waals surface area (Å²) in [5.74, 6) is 0.594. The quantitative estimate of drug-likeness (QED) is 0.885. The Labute approximate surface area is 109 Å². The van der Waals surface area contributed by atoms with Crippen LogP contribution < -0.4 is 5.73 Å². The van der Waals surface area contributed by atoms with Crippen molar-refractivity contribution < 1.29 is 4.79 Å². The molecule has 1 aromatic carbocycles. The fourth-order valence-corrected chi connectivity index (χ4v) is 2.64. The molecule has 0 aliphatic heterocycles. The van der Waals surface area contributed by atoms with Crippen molar-refractivity contribution in [3.8, 4) is 0 Å². The molecule has 2 N–H and O–H groups in total. The highest BCUT2D eigenvalue weighted by atomic mass is 16.2. The molecule has 0 aromatic heterocycles. The van der Waals surface area contributed by atoms with Crippen LogP contribution in [0.2, 0.25) is 0 Å². The van der Waals surface area contributed by atoms with Crippen molar-refractivity contribution in [2.75, 3.05) is 7.05 Å². The van der Waals surface area contributed by atoms with Crippen molar-refractivity contribution in [1.29, 1.82) is 0 Å². The first-order chi connectivity index (χ1) is 8.66. The molecule has 1 fully saturated rings. The van der Waals surface area contributed by atoms with Crippen LogP contribution in [0.25, 0.3) is 0 Å². The fourth-order valence-electron chi connectivity index (χ4n) is 2.64. The Morgan fingerprint density at radius 1 is 1.33 bits per heavy atom. The van der Waals surface area contributed by atoms with Crippen LogP contribution in [0.3, 0.4) is 0 Å². The molecule has 1 aromatic rings. The van der Waals surface area contributed by atoms with Crippen molar-refractivity contribution in [3.05, 3.63) is 35.9 Å². The molecule has 98 valence electrons. The van der Waals surface area contributed by atoms with Gasteiger partial charge in [-0.2, -0.15) is 0 Å². The standard InChI is InChI=1S/C15H22N2O/c1-17(11-12-6-3-2-4-7-12)15(18)10-13-8-5-9-14(13)16/h2-4,6-7,13-14H,5,8-11,16H2,1H3/t13-,14+/m0/s1. The topological polar surface area (TPSA) is 46.3 Å². The number of amides is 1.